The number of nitrogens with zero attached hydrogens (tertiary/aromatic N) is 1. The molecule has 2 aromatic carbocycles. The van der Waals surface area contributed by atoms with Gasteiger partial charge in [-0.3, -0.25) is 0 Å². The van der Waals surface area contributed by atoms with Crippen LogP contribution in [-0.4, -0.2) is 32.8 Å². The van der Waals surface area contributed by atoms with E-state index in [1.165, 1.54) is 0 Å². The molecule has 0 aliphatic carbocycles. The number of aromatic nitrogens is 1. The standard InChI is InChI=1S/C20H20F2N2O2S/c21-19(22)15(11-26)8-24-9-17(13-2-1-3-14(7-13)20(23)27)16-5-4-12(10-25)6-18(16)24/h1-7,9,15,19,25-26H,8,10-11H2,(H2,23,27). The molecular weight excluding hydrogens is 370 g/mol. The van der Waals surface area contributed by atoms with E-state index >= 15 is 0 Å². The normalized spacial score (nSPS) is 12.6. The van der Waals surface area contributed by atoms with Gasteiger partial charge in [-0.2, -0.15) is 0 Å². The number of halogens is 2. The summed E-state index contributed by atoms with van der Waals surface area (Å²) < 4.78 is 28.0. The third kappa shape index (κ3) is 4.00. The molecule has 3 rings (SSSR count). The van der Waals surface area contributed by atoms with Crippen molar-refractivity contribution in [2.75, 3.05) is 6.61 Å². The minimum atomic E-state index is -2.63. The van der Waals surface area contributed by atoms with Crippen molar-refractivity contribution in [3.05, 3.63) is 59.8 Å². The van der Waals surface area contributed by atoms with Gasteiger partial charge in [-0.15, -0.1) is 0 Å². The molecular formula is C20H20F2N2O2S. The van der Waals surface area contributed by atoms with Crippen LogP contribution in [0.5, 0.6) is 0 Å². The summed E-state index contributed by atoms with van der Waals surface area (Å²) in [6.45, 7) is -0.788. The lowest BCUT2D eigenvalue weighted by atomic mass is 10.0. The molecule has 7 heteroatoms. The molecule has 1 heterocycles. The van der Waals surface area contributed by atoms with Gasteiger partial charge in [-0.25, -0.2) is 8.78 Å². The first-order valence-corrected chi connectivity index (χ1v) is 8.87. The molecule has 1 aromatic heterocycles. The van der Waals surface area contributed by atoms with Gasteiger partial charge >= 0.3 is 0 Å². The van der Waals surface area contributed by atoms with Crippen LogP contribution in [-0.2, 0) is 13.2 Å². The molecule has 0 aliphatic rings. The van der Waals surface area contributed by atoms with Gasteiger partial charge in [0.25, 0.3) is 0 Å². The van der Waals surface area contributed by atoms with Crippen molar-refractivity contribution < 1.29 is 19.0 Å². The number of aliphatic hydroxyl groups is 2. The molecule has 4 nitrogen and oxygen atoms in total. The second-order valence-electron chi connectivity index (χ2n) is 6.43. The molecule has 0 saturated carbocycles. The third-order valence-corrected chi connectivity index (χ3v) is 4.85. The summed E-state index contributed by atoms with van der Waals surface area (Å²) >= 11 is 5.04. The zero-order valence-corrected chi connectivity index (χ0v) is 15.3. The Labute approximate surface area is 160 Å². The van der Waals surface area contributed by atoms with Crippen molar-refractivity contribution in [3.63, 3.8) is 0 Å². The average Bonchev–Trinajstić information content (AvgIpc) is 3.03. The first kappa shape index (κ1) is 19.4. The monoisotopic (exact) mass is 390 g/mol. The fourth-order valence-corrected chi connectivity index (χ4v) is 3.25. The fraction of sp³-hybridized carbons (Fsp3) is 0.250. The summed E-state index contributed by atoms with van der Waals surface area (Å²) in [6.07, 6.45) is -0.843. The summed E-state index contributed by atoms with van der Waals surface area (Å²) in [5.74, 6) is -1.17. The van der Waals surface area contributed by atoms with Crippen molar-refractivity contribution in [1.29, 1.82) is 0 Å². The predicted octanol–water partition coefficient (Wildman–Crippen LogP) is 3.31. The maximum absolute atomic E-state index is 13.2. The van der Waals surface area contributed by atoms with Crippen LogP contribution in [0.15, 0.2) is 48.7 Å². The Morgan fingerprint density at radius 2 is 1.93 bits per heavy atom. The number of thiocarbonyl (C=S) groups is 1. The molecule has 0 radical (unpaired) electrons. The van der Waals surface area contributed by atoms with Gasteiger partial charge in [0.05, 0.1) is 19.1 Å². The second kappa shape index (κ2) is 8.12. The summed E-state index contributed by atoms with van der Waals surface area (Å²) in [4.78, 5) is 0.279. The number of rotatable bonds is 7. The number of fused-ring (bicyclic) bond motifs is 1. The molecule has 4 N–H and O–H groups in total. The molecule has 0 spiro atoms. The Bertz CT molecular complexity index is 972. The number of nitrogens with two attached hydrogens (primary N) is 1. The van der Waals surface area contributed by atoms with E-state index in [9.17, 15) is 19.0 Å². The lowest BCUT2D eigenvalue weighted by molar-refractivity contribution is 0.0330. The topological polar surface area (TPSA) is 71.4 Å². The van der Waals surface area contributed by atoms with Gasteiger partial charge in [0.15, 0.2) is 0 Å². The summed E-state index contributed by atoms with van der Waals surface area (Å²) in [7, 11) is 0. The maximum atomic E-state index is 13.2. The van der Waals surface area contributed by atoms with Crippen LogP contribution in [0.2, 0.25) is 0 Å². The van der Waals surface area contributed by atoms with Crippen molar-refractivity contribution in [2.24, 2.45) is 11.7 Å². The Morgan fingerprint density at radius 1 is 1.15 bits per heavy atom. The first-order chi connectivity index (χ1) is 12.9. The molecule has 142 valence electrons. The van der Waals surface area contributed by atoms with E-state index in [2.05, 4.69) is 0 Å². The molecule has 0 fully saturated rings. The number of hydrogen-bond donors (Lipinski definition) is 3. The van der Waals surface area contributed by atoms with E-state index < -0.39 is 19.0 Å². The molecule has 3 aromatic rings. The van der Waals surface area contributed by atoms with Gasteiger partial charge in [-0.1, -0.05) is 42.5 Å². The number of alkyl halides is 2. The highest BCUT2D eigenvalue weighted by Gasteiger charge is 2.22. The van der Waals surface area contributed by atoms with Crippen molar-refractivity contribution in [3.8, 4) is 11.1 Å². The lowest BCUT2D eigenvalue weighted by Crippen LogP contribution is -2.21. The lowest BCUT2D eigenvalue weighted by Gasteiger charge is -2.15. The van der Waals surface area contributed by atoms with Crippen molar-refractivity contribution in [1.82, 2.24) is 4.57 Å². The van der Waals surface area contributed by atoms with E-state index in [1.807, 2.05) is 30.3 Å². The van der Waals surface area contributed by atoms with Gasteiger partial charge in [0.1, 0.15) is 4.99 Å². The first-order valence-electron chi connectivity index (χ1n) is 8.46. The molecule has 27 heavy (non-hydrogen) atoms. The van der Waals surface area contributed by atoms with Crippen LogP contribution >= 0.6 is 12.2 Å². The van der Waals surface area contributed by atoms with E-state index in [4.69, 9.17) is 18.0 Å². The molecule has 0 aliphatic heterocycles. The fourth-order valence-electron chi connectivity index (χ4n) is 3.13. The van der Waals surface area contributed by atoms with Gasteiger partial charge < -0.3 is 20.5 Å². The Balaban J connectivity index is 2.16. The highest BCUT2D eigenvalue weighted by molar-refractivity contribution is 7.80. The van der Waals surface area contributed by atoms with Crippen LogP contribution in [0.4, 0.5) is 8.78 Å². The Hall–Kier alpha value is -2.35. The van der Waals surface area contributed by atoms with Gasteiger partial charge in [-0.05, 0) is 23.3 Å². The van der Waals surface area contributed by atoms with Crippen LogP contribution < -0.4 is 5.73 Å². The summed E-state index contributed by atoms with van der Waals surface area (Å²) in [6, 6.07) is 12.8. The van der Waals surface area contributed by atoms with E-state index in [1.54, 1.807) is 22.9 Å². The van der Waals surface area contributed by atoms with Crippen molar-refractivity contribution in [2.45, 2.75) is 19.6 Å². The van der Waals surface area contributed by atoms with E-state index in [0.29, 0.717) is 5.56 Å². The van der Waals surface area contributed by atoms with Crippen LogP contribution in [0, 0.1) is 5.92 Å². The number of benzene rings is 2. The quantitative estimate of drug-likeness (QED) is 0.542. The Kier molecular flexibility index (Phi) is 5.84. The largest absolute Gasteiger partial charge is 0.396 e. The zero-order valence-electron chi connectivity index (χ0n) is 14.5. The number of hydrogen-bond acceptors (Lipinski definition) is 3. The minimum Gasteiger partial charge on any atom is -0.396 e. The SMILES string of the molecule is NC(=S)c1cccc(-c2cn(CC(CO)C(F)F)c3cc(CO)ccc23)c1. The Morgan fingerprint density at radius 3 is 2.56 bits per heavy atom. The number of aliphatic hydroxyl groups excluding tert-OH is 2. The van der Waals surface area contributed by atoms with Gasteiger partial charge in [0, 0.05) is 34.8 Å². The molecule has 0 amide bonds. The van der Waals surface area contributed by atoms with Crippen LogP contribution in [0.3, 0.4) is 0 Å². The average molecular weight is 390 g/mol. The smallest absolute Gasteiger partial charge is 0.245 e. The molecule has 1 unspecified atom stereocenters. The highest BCUT2D eigenvalue weighted by Crippen LogP contribution is 2.33. The second-order valence-corrected chi connectivity index (χ2v) is 6.87. The molecule has 0 bridgehead atoms. The predicted molar refractivity (Wildman–Crippen MR) is 106 cm³/mol. The van der Waals surface area contributed by atoms with Crippen molar-refractivity contribution >= 4 is 28.1 Å². The summed E-state index contributed by atoms with van der Waals surface area (Å²) in [5, 5.41) is 19.6. The zero-order chi connectivity index (χ0) is 19.6. The van der Waals surface area contributed by atoms with E-state index in [-0.39, 0.29) is 18.1 Å². The highest BCUT2D eigenvalue weighted by atomic mass is 32.1. The van der Waals surface area contributed by atoms with Crippen LogP contribution in [0.1, 0.15) is 11.1 Å². The maximum Gasteiger partial charge on any atom is 0.245 e. The van der Waals surface area contributed by atoms with Gasteiger partial charge in [0.2, 0.25) is 6.43 Å². The summed E-state index contributed by atoms with van der Waals surface area (Å²) in [5.41, 5.74) is 9.55. The minimum absolute atomic E-state index is 0.0332. The molecule has 1 atom stereocenters. The van der Waals surface area contributed by atoms with Crippen LogP contribution in [0.25, 0.3) is 22.0 Å². The molecule has 0 saturated heterocycles. The third-order valence-electron chi connectivity index (χ3n) is 4.61. The van der Waals surface area contributed by atoms with E-state index in [0.717, 1.165) is 27.6 Å².